The zero-order valence-electron chi connectivity index (χ0n) is 10.5. The number of aromatic hydroxyl groups is 1. The second kappa shape index (κ2) is 5.25. The summed E-state index contributed by atoms with van der Waals surface area (Å²) < 4.78 is 43.7. The first-order valence-electron chi connectivity index (χ1n) is 5.69. The number of hydrogen-bond donors (Lipinski definition) is 2. The molecule has 0 bridgehead atoms. The number of nitriles is 1. The molecule has 0 amide bonds. The molecule has 7 heteroatoms. The Morgan fingerprint density at radius 2 is 1.90 bits per heavy atom. The molecule has 0 aliphatic carbocycles. The third-order valence-electron chi connectivity index (χ3n) is 2.69. The molecule has 0 atom stereocenters. The number of anilines is 1. The standard InChI is InChI=1S/C14H9F3N2O2/c15-14(16,17)10-6-9(5-4-8(10)7-18)21-12-3-1-2-11(20)13(12)19/h1-6,20H,19H2. The number of halogens is 3. The molecule has 0 saturated carbocycles. The Morgan fingerprint density at radius 1 is 1.19 bits per heavy atom. The zero-order valence-corrected chi connectivity index (χ0v) is 10.5. The summed E-state index contributed by atoms with van der Waals surface area (Å²) in [5.41, 5.74) is 3.88. The zero-order chi connectivity index (χ0) is 15.6. The van der Waals surface area contributed by atoms with E-state index in [4.69, 9.17) is 15.7 Å². The molecule has 0 unspecified atom stereocenters. The summed E-state index contributed by atoms with van der Waals surface area (Å²) in [6, 6.07) is 8.58. The van der Waals surface area contributed by atoms with Crippen LogP contribution in [0.2, 0.25) is 0 Å². The van der Waals surface area contributed by atoms with Gasteiger partial charge in [-0.1, -0.05) is 6.07 Å². The Labute approximate surface area is 117 Å². The second-order valence-corrected chi connectivity index (χ2v) is 4.11. The number of benzene rings is 2. The highest BCUT2D eigenvalue weighted by Gasteiger charge is 2.34. The summed E-state index contributed by atoms with van der Waals surface area (Å²) >= 11 is 0. The summed E-state index contributed by atoms with van der Waals surface area (Å²) in [6.07, 6.45) is -4.67. The molecule has 0 saturated heterocycles. The Kier molecular flexibility index (Phi) is 3.63. The summed E-state index contributed by atoms with van der Waals surface area (Å²) in [5.74, 6) is -0.358. The van der Waals surface area contributed by atoms with E-state index in [1.807, 2.05) is 0 Å². The summed E-state index contributed by atoms with van der Waals surface area (Å²) in [6.45, 7) is 0. The van der Waals surface area contributed by atoms with Crippen LogP contribution < -0.4 is 10.5 Å². The molecule has 108 valence electrons. The molecule has 0 aliphatic rings. The number of rotatable bonds is 2. The first kappa shape index (κ1) is 14.5. The molecule has 0 fully saturated rings. The number of phenolic OH excluding ortho intramolecular Hbond substituents is 1. The van der Waals surface area contributed by atoms with Gasteiger partial charge in [-0.3, -0.25) is 0 Å². The molecule has 2 aromatic rings. The minimum absolute atomic E-state index is 0.0211. The lowest BCUT2D eigenvalue weighted by atomic mass is 10.1. The van der Waals surface area contributed by atoms with Gasteiger partial charge in [0.05, 0.1) is 17.2 Å². The maximum Gasteiger partial charge on any atom is 0.417 e. The number of para-hydroxylation sites is 1. The fourth-order valence-electron chi connectivity index (χ4n) is 1.67. The quantitative estimate of drug-likeness (QED) is 0.654. The third kappa shape index (κ3) is 3.00. The average Bonchev–Trinajstić information content (AvgIpc) is 2.43. The molecule has 0 radical (unpaired) electrons. The van der Waals surface area contributed by atoms with Gasteiger partial charge in [-0.25, -0.2) is 0 Å². The monoisotopic (exact) mass is 294 g/mol. The highest BCUT2D eigenvalue weighted by molar-refractivity contribution is 5.63. The molecule has 2 aromatic carbocycles. The number of nitrogens with two attached hydrogens (primary N) is 1. The molecule has 0 spiro atoms. The van der Waals surface area contributed by atoms with Gasteiger partial charge in [0.2, 0.25) is 0 Å². The Bertz CT molecular complexity index is 721. The van der Waals surface area contributed by atoms with Crippen molar-refractivity contribution in [2.45, 2.75) is 6.18 Å². The number of nitrogens with zero attached hydrogens (tertiary/aromatic N) is 1. The van der Waals surface area contributed by atoms with E-state index in [0.717, 1.165) is 6.07 Å². The SMILES string of the molecule is N#Cc1ccc(Oc2cccc(O)c2N)cc1C(F)(F)F. The molecular weight excluding hydrogens is 285 g/mol. The van der Waals surface area contributed by atoms with E-state index in [9.17, 15) is 18.3 Å². The molecule has 3 N–H and O–H groups in total. The van der Waals surface area contributed by atoms with Crippen molar-refractivity contribution in [2.75, 3.05) is 5.73 Å². The lowest BCUT2D eigenvalue weighted by molar-refractivity contribution is -0.137. The van der Waals surface area contributed by atoms with Crippen LogP contribution in [0.4, 0.5) is 18.9 Å². The van der Waals surface area contributed by atoms with Crippen molar-refractivity contribution in [3.05, 3.63) is 47.5 Å². The second-order valence-electron chi connectivity index (χ2n) is 4.11. The number of alkyl halides is 3. The first-order chi connectivity index (χ1) is 9.82. The average molecular weight is 294 g/mol. The van der Waals surface area contributed by atoms with Crippen LogP contribution >= 0.6 is 0 Å². The van der Waals surface area contributed by atoms with Gasteiger partial charge >= 0.3 is 6.18 Å². The number of ether oxygens (including phenoxy) is 1. The van der Waals surface area contributed by atoms with E-state index >= 15 is 0 Å². The molecule has 4 nitrogen and oxygen atoms in total. The molecule has 2 rings (SSSR count). The first-order valence-corrected chi connectivity index (χ1v) is 5.69. The fourth-order valence-corrected chi connectivity index (χ4v) is 1.67. The van der Waals surface area contributed by atoms with Crippen molar-refractivity contribution >= 4 is 5.69 Å². The number of hydrogen-bond acceptors (Lipinski definition) is 4. The van der Waals surface area contributed by atoms with Crippen molar-refractivity contribution in [3.8, 4) is 23.3 Å². The van der Waals surface area contributed by atoms with Gasteiger partial charge in [0.25, 0.3) is 0 Å². The third-order valence-corrected chi connectivity index (χ3v) is 2.69. The molecule has 0 aliphatic heterocycles. The summed E-state index contributed by atoms with van der Waals surface area (Å²) in [4.78, 5) is 0. The van der Waals surface area contributed by atoms with Crippen LogP contribution in [-0.4, -0.2) is 5.11 Å². The Hall–Kier alpha value is -2.88. The number of phenols is 1. The van der Waals surface area contributed by atoms with Gasteiger partial charge in [-0.05, 0) is 30.3 Å². The predicted octanol–water partition coefficient (Wildman–Crippen LogP) is 3.66. The van der Waals surface area contributed by atoms with Crippen molar-refractivity contribution in [1.82, 2.24) is 0 Å². The van der Waals surface area contributed by atoms with Gasteiger partial charge in [-0.15, -0.1) is 0 Å². The number of nitrogen functional groups attached to an aromatic ring is 1. The molecular formula is C14H9F3N2O2. The van der Waals surface area contributed by atoms with Crippen molar-refractivity contribution in [3.63, 3.8) is 0 Å². The van der Waals surface area contributed by atoms with Gasteiger partial charge in [0, 0.05) is 0 Å². The normalized spacial score (nSPS) is 11.0. The van der Waals surface area contributed by atoms with E-state index < -0.39 is 17.3 Å². The predicted molar refractivity (Wildman–Crippen MR) is 68.8 cm³/mol. The summed E-state index contributed by atoms with van der Waals surface area (Å²) in [7, 11) is 0. The highest BCUT2D eigenvalue weighted by atomic mass is 19.4. The van der Waals surface area contributed by atoms with Crippen LogP contribution in [0, 0.1) is 11.3 Å². The van der Waals surface area contributed by atoms with Crippen molar-refractivity contribution < 1.29 is 23.0 Å². The largest absolute Gasteiger partial charge is 0.506 e. The lowest BCUT2D eigenvalue weighted by Crippen LogP contribution is -2.08. The van der Waals surface area contributed by atoms with Crippen LogP contribution in [0.5, 0.6) is 17.2 Å². The molecule has 0 heterocycles. The van der Waals surface area contributed by atoms with Gasteiger partial charge in [-0.2, -0.15) is 18.4 Å². The lowest BCUT2D eigenvalue weighted by Gasteiger charge is -2.13. The van der Waals surface area contributed by atoms with Gasteiger partial charge in [0.15, 0.2) is 5.75 Å². The van der Waals surface area contributed by atoms with E-state index in [1.54, 1.807) is 0 Å². The van der Waals surface area contributed by atoms with E-state index in [0.29, 0.717) is 6.07 Å². The molecule has 21 heavy (non-hydrogen) atoms. The van der Waals surface area contributed by atoms with Gasteiger partial charge < -0.3 is 15.6 Å². The fraction of sp³-hybridized carbons (Fsp3) is 0.0714. The smallest absolute Gasteiger partial charge is 0.417 e. The van der Waals surface area contributed by atoms with E-state index in [-0.39, 0.29) is 22.9 Å². The van der Waals surface area contributed by atoms with Crippen molar-refractivity contribution in [2.24, 2.45) is 0 Å². The minimum atomic E-state index is -4.67. The van der Waals surface area contributed by atoms with E-state index in [2.05, 4.69) is 0 Å². The van der Waals surface area contributed by atoms with E-state index in [1.165, 1.54) is 30.3 Å². The van der Waals surface area contributed by atoms with Crippen LogP contribution in [0.1, 0.15) is 11.1 Å². The van der Waals surface area contributed by atoms with Gasteiger partial charge in [0.1, 0.15) is 17.2 Å². The van der Waals surface area contributed by atoms with Crippen LogP contribution in [0.25, 0.3) is 0 Å². The van der Waals surface area contributed by atoms with Crippen molar-refractivity contribution in [1.29, 1.82) is 5.26 Å². The van der Waals surface area contributed by atoms with Crippen LogP contribution in [0.3, 0.4) is 0 Å². The maximum atomic E-state index is 12.8. The maximum absolute atomic E-state index is 12.8. The molecule has 0 aromatic heterocycles. The minimum Gasteiger partial charge on any atom is -0.506 e. The Morgan fingerprint density at radius 3 is 2.52 bits per heavy atom. The van der Waals surface area contributed by atoms with Crippen LogP contribution in [-0.2, 0) is 6.18 Å². The van der Waals surface area contributed by atoms with Crippen LogP contribution in [0.15, 0.2) is 36.4 Å². The highest BCUT2D eigenvalue weighted by Crippen LogP contribution is 2.37. The Balaban J connectivity index is 2.43. The topological polar surface area (TPSA) is 79.3 Å². The summed E-state index contributed by atoms with van der Waals surface area (Å²) in [5, 5.41) is 18.1.